The number of carbonyl (C=O) groups is 1. The molecule has 0 aromatic carbocycles. The molecule has 0 spiro atoms. The summed E-state index contributed by atoms with van der Waals surface area (Å²) in [4.78, 5) is 12.1. The molecule has 2 atom stereocenters. The van der Waals surface area contributed by atoms with Crippen LogP contribution in [0.15, 0.2) is 0 Å². The van der Waals surface area contributed by atoms with E-state index in [9.17, 15) is 4.79 Å². The number of nitrogens with one attached hydrogen (secondary N) is 1. The van der Waals surface area contributed by atoms with Gasteiger partial charge in [-0.1, -0.05) is 20.3 Å². The fraction of sp³-hybridized carbons (Fsp3) is 0.800. The van der Waals surface area contributed by atoms with Gasteiger partial charge >= 0.3 is 0 Å². The molecule has 1 aliphatic rings. The summed E-state index contributed by atoms with van der Waals surface area (Å²) in [5.74, 6) is 2.19. The molecular formula is C15H27N5O. The third-order valence-electron chi connectivity index (χ3n) is 4.18. The van der Waals surface area contributed by atoms with Crippen LogP contribution in [0.2, 0.25) is 0 Å². The minimum Gasteiger partial charge on any atom is -0.346 e. The van der Waals surface area contributed by atoms with Crippen LogP contribution in [0.3, 0.4) is 0 Å². The highest BCUT2D eigenvalue weighted by Gasteiger charge is 2.21. The zero-order valence-corrected chi connectivity index (χ0v) is 13.3. The van der Waals surface area contributed by atoms with Crippen molar-refractivity contribution in [3.05, 3.63) is 11.6 Å². The first-order chi connectivity index (χ1) is 9.99. The average Bonchev–Trinajstić information content (AvgIpc) is 2.67. The van der Waals surface area contributed by atoms with Crippen LogP contribution in [0.1, 0.15) is 64.1 Å². The minimum absolute atomic E-state index is 0.0188. The maximum atomic E-state index is 12.1. The fourth-order valence-corrected chi connectivity index (χ4v) is 2.64. The number of hydrogen-bond donors (Lipinski definition) is 2. The Morgan fingerprint density at radius 2 is 2.05 bits per heavy atom. The minimum atomic E-state index is -0.129. The van der Waals surface area contributed by atoms with Gasteiger partial charge in [-0.25, -0.2) is 0 Å². The number of rotatable bonds is 5. The van der Waals surface area contributed by atoms with Gasteiger partial charge in [0.05, 0.1) is 6.04 Å². The summed E-state index contributed by atoms with van der Waals surface area (Å²) >= 11 is 0. The predicted molar refractivity (Wildman–Crippen MR) is 81.6 cm³/mol. The second-order valence-corrected chi connectivity index (χ2v) is 6.34. The lowest BCUT2D eigenvalue weighted by Gasteiger charge is -2.18. The molecular weight excluding hydrogens is 266 g/mol. The zero-order valence-electron chi connectivity index (χ0n) is 13.3. The molecule has 0 fully saturated rings. The number of nitrogens with zero attached hydrogens (tertiary/aromatic N) is 3. The van der Waals surface area contributed by atoms with Gasteiger partial charge in [-0.05, 0) is 25.7 Å². The second-order valence-electron chi connectivity index (χ2n) is 6.34. The lowest BCUT2D eigenvalue weighted by atomic mass is 10.0. The van der Waals surface area contributed by atoms with Crippen molar-refractivity contribution < 1.29 is 4.79 Å². The van der Waals surface area contributed by atoms with Gasteiger partial charge in [0.15, 0.2) is 5.82 Å². The highest BCUT2D eigenvalue weighted by molar-refractivity contribution is 5.76. The Morgan fingerprint density at radius 3 is 2.76 bits per heavy atom. The van der Waals surface area contributed by atoms with Gasteiger partial charge in [0.2, 0.25) is 5.91 Å². The third kappa shape index (κ3) is 4.03. The first-order valence-electron chi connectivity index (χ1n) is 7.96. The van der Waals surface area contributed by atoms with Crippen LogP contribution in [-0.4, -0.2) is 26.7 Å². The third-order valence-corrected chi connectivity index (χ3v) is 4.18. The molecule has 21 heavy (non-hydrogen) atoms. The van der Waals surface area contributed by atoms with E-state index in [1.807, 2.05) is 20.8 Å². The van der Waals surface area contributed by atoms with Crippen molar-refractivity contribution in [2.24, 2.45) is 11.7 Å². The molecule has 1 aliphatic heterocycles. The molecule has 0 aliphatic carbocycles. The summed E-state index contributed by atoms with van der Waals surface area (Å²) in [7, 11) is 0. The Labute approximate surface area is 126 Å². The lowest BCUT2D eigenvalue weighted by Crippen LogP contribution is -2.36. The van der Waals surface area contributed by atoms with E-state index in [-0.39, 0.29) is 18.0 Å². The largest absolute Gasteiger partial charge is 0.346 e. The van der Waals surface area contributed by atoms with Crippen LogP contribution in [0, 0.1) is 5.92 Å². The highest BCUT2D eigenvalue weighted by Crippen LogP contribution is 2.18. The topological polar surface area (TPSA) is 85.8 Å². The van der Waals surface area contributed by atoms with E-state index in [1.165, 1.54) is 12.8 Å². The van der Waals surface area contributed by atoms with Crippen molar-refractivity contribution in [2.75, 3.05) is 0 Å². The van der Waals surface area contributed by atoms with Crippen LogP contribution < -0.4 is 11.1 Å². The van der Waals surface area contributed by atoms with E-state index in [1.54, 1.807) is 0 Å². The fourth-order valence-electron chi connectivity index (χ4n) is 2.64. The lowest BCUT2D eigenvalue weighted by molar-refractivity contribution is -0.122. The van der Waals surface area contributed by atoms with Gasteiger partial charge in [-0.15, -0.1) is 10.2 Å². The Kier molecular flexibility index (Phi) is 5.33. The smallest absolute Gasteiger partial charge is 0.222 e. The number of fused-ring (bicyclic) bond motifs is 1. The van der Waals surface area contributed by atoms with Gasteiger partial charge < -0.3 is 15.6 Å². The SMILES string of the molecule is CC(NC(=O)CC(N)C(C)C)c1nnc2n1CCCCC2. The summed E-state index contributed by atoms with van der Waals surface area (Å²) in [6, 6.07) is -0.232. The van der Waals surface area contributed by atoms with E-state index in [0.717, 1.165) is 31.0 Å². The maximum absolute atomic E-state index is 12.1. The van der Waals surface area contributed by atoms with Gasteiger partial charge in [0.25, 0.3) is 0 Å². The summed E-state index contributed by atoms with van der Waals surface area (Å²) < 4.78 is 2.17. The number of aryl methyl sites for hydroxylation is 1. The molecule has 0 saturated carbocycles. The van der Waals surface area contributed by atoms with E-state index < -0.39 is 0 Å². The molecule has 1 aromatic heterocycles. The van der Waals surface area contributed by atoms with Crippen LogP contribution in [0.5, 0.6) is 0 Å². The first kappa shape index (κ1) is 15.9. The molecule has 2 unspecified atom stereocenters. The normalized spacial score (nSPS) is 18.0. The number of carbonyl (C=O) groups excluding carboxylic acids is 1. The van der Waals surface area contributed by atoms with E-state index in [2.05, 4.69) is 20.1 Å². The molecule has 2 rings (SSSR count). The molecule has 0 saturated heterocycles. The van der Waals surface area contributed by atoms with Crippen molar-refractivity contribution in [2.45, 2.75) is 71.5 Å². The number of aromatic nitrogens is 3. The summed E-state index contributed by atoms with van der Waals surface area (Å²) in [6.45, 7) is 6.96. The molecule has 3 N–H and O–H groups in total. The predicted octanol–water partition coefficient (Wildman–Crippen LogP) is 1.56. The van der Waals surface area contributed by atoms with Gasteiger partial charge in [-0.3, -0.25) is 4.79 Å². The number of hydrogen-bond acceptors (Lipinski definition) is 4. The van der Waals surface area contributed by atoms with Gasteiger partial charge in [0.1, 0.15) is 5.82 Å². The van der Waals surface area contributed by atoms with Crippen LogP contribution >= 0.6 is 0 Å². The van der Waals surface area contributed by atoms with Gasteiger partial charge in [0, 0.05) is 25.4 Å². The molecule has 1 amide bonds. The molecule has 6 heteroatoms. The summed E-state index contributed by atoms with van der Waals surface area (Å²) in [5.41, 5.74) is 5.95. The van der Waals surface area contributed by atoms with Crippen molar-refractivity contribution in [1.29, 1.82) is 0 Å². The van der Waals surface area contributed by atoms with Crippen molar-refractivity contribution in [3.8, 4) is 0 Å². The average molecular weight is 293 g/mol. The standard InChI is InChI=1S/C15H27N5O/c1-10(2)12(16)9-14(21)17-11(3)15-19-18-13-7-5-4-6-8-20(13)15/h10-12H,4-9,16H2,1-3H3,(H,17,21). The highest BCUT2D eigenvalue weighted by atomic mass is 16.1. The Morgan fingerprint density at radius 1 is 1.29 bits per heavy atom. The second kappa shape index (κ2) is 7.02. The van der Waals surface area contributed by atoms with Crippen molar-refractivity contribution in [1.82, 2.24) is 20.1 Å². The Balaban J connectivity index is 1.99. The number of nitrogens with two attached hydrogens (primary N) is 1. The number of amides is 1. The molecule has 0 radical (unpaired) electrons. The zero-order chi connectivity index (χ0) is 15.4. The maximum Gasteiger partial charge on any atom is 0.222 e. The quantitative estimate of drug-likeness (QED) is 0.862. The van der Waals surface area contributed by atoms with E-state index in [0.29, 0.717) is 12.3 Å². The van der Waals surface area contributed by atoms with Crippen LogP contribution in [0.25, 0.3) is 0 Å². The van der Waals surface area contributed by atoms with Crippen molar-refractivity contribution in [3.63, 3.8) is 0 Å². The van der Waals surface area contributed by atoms with Crippen molar-refractivity contribution >= 4 is 5.91 Å². The monoisotopic (exact) mass is 293 g/mol. The van der Waals surface area contributed by atoms with Crippen LogP contribution in [0.4, 0.5) is 0 Å². The molecule has 118 valence electrons. The summed E-state index contributed by atoms with van der Waals surface area (Å²) in [5, 5.41) is 11.5. The molecule has 1 aromatic rings. The summed E-state index contributed by atoms with van der Waals surface area (Å²) in [6.07, 6.45) is 4.88. The first-order valence-corrected chi connectivity index (χ1v) is 7.96. The molecule has 0 bridgehead atoms. The Bertz CT molecular complexity index is 482. The van der Waals surface area contributed by atoms with E-state index in [4.69, 9.17) is 5.73 Å². The van der Waals surface area contributed by atoms with Gasteiger partial charge in [-0.2, -0.15) is 0 Å². The Hall–Kier alpha value is -1.43. The van der Waals surface area contributed by atoms with E-state index >= 15 is 0 Å². The molecule has 2 heterocycles. The molecule has 6 nitrogen and oxygen atoms in total. The van der Waals surface area contributed by atoms with Crippen LogP contribution in [-0.2, 0) is 17.8 Å².